The quantitative estimate of drug-likeness (QED) is 0.849. The molecule has 1 aromatic heterocycles. The molecule has 0 saturated carbocycles. The summed E-state index contributed by atoms with van der Waals surface area (Å²) in [6.07, 6.45) is 1.72. The van der Waals surface area contributed by atoms with Gasteiger partial charge in [-0.3, -0.25) is 15.1 Å². The molecule has 1 aromatic carbocycles. The number of carbonyl (C=O) groups excluding carboxylic acids is 2. The highest BCUT2D eigenvalue weighted by Gasteiger charge is 2.45. The molecule has 20 heavy (non-hydrogen) atoms. The summed E-state index contributed by atoms with van der Waals surface area (Å²) >= 11 is 0. The molecule has 1 fully saturated rings. The maximum Gasteiger partial charge on any atom is 0.325 e. The van der Waals surface area contributed by atoms with E-state index in [9.17, 15) is 9.59 Å². The smallest absolute Gasteiger partial charge is 0.306 e. The lowest BCUT2D eigenvalue weighted by Gasteiger charge is -2.28. The summed E-state index contributed by atoms with van der Waals surface area (Å²) in [6, 6.07) is 9.30. The number of urea groups is 1. The number of carbonyl (C=O) groups is 2. The van der Waals surface area contributed by atoms with Crippen LogP contribution in [-0.2, 0) is 11.3 Å². The van der Waals surface area contributed by atoms with Crippen LogP contribution in [0.5, 0.6) is 0 Å². The summed E-state index contributed by atoms with van der Waals surface area (Å²) in [6.45, 7) is 3.88. The van der Waals surface area contributed by atoms with Crippen LogP contribution in [0.25, 0.3) is 10.9 Å². The Labute approximate surface area is 116 Å². The van der Waals surface area contributed by atoms with E-state index in [1.807, 2.05) is 30.3 Å². The van der Waals surface area contributed by atoms with Crippen molar-refractivity contribution in [2.75, 3.05) is 0 Å². The number of nitrogens with zero attached hydrogens (tertiary/aromatic N) is 2. The van der Waals surface area contributed by atoms with Crippen molar-refractivity contribution in [2.24, 2.45) is 0 Å². The highest BCUT2D eigenvalue weighted by molar-refractivity contribution is 6.06. The van der Waals surface area contributed by atoms with Crippen LogP contribution in [-0.4, -0.2) is 27.4 Å². The van der Waals surface area contributed by atoms with E-state index in [1.54, 1.807) is 24.9 Å². The first-order valence-electron chi connectivity index (χ1n) is 6.46. The predicted molar refractivity (Wildman–Crippen MR) is 74.9 cm³/mol. The number of benzene rings is 1. The first kappa shape index (κ1) is 12.6. The van der Waals surface area contributed by atoms with Crippen molar-refractivity contribution >= 4 is 22.8 Å². The number of rotatable bonds is 2. The second-order valence-corrected chi connectivity index (χ2v) is 5.39. The number of pyridine rings is 1. The average Bonchev–Trinajstić information content (AvgIpc) is 2.62. The normalized spacial score (nSPS) is 17.6. The molecule has 1 saturated heterocycles. The van der Waals surface area contributed by atoms with Gasteiger partial charge in [0.25, 0.3) is 5.91 Å². The minimum absolute atomic E-state index is 0.263. The maximum atomic E-state index is 11.9. The van der Waals surface area contributed by atoms with Gasteiger partial charge in [0, 0.05) is 18.1 Å². The molecule has 1 aliphatic heterocycles. The molecule has 3 rings (SSSR count). The second-order valence-electron chi connectivity index (χ2n) is 5.39. The fourth-order valence-electron chi connectivity index (χ4n) is 2.43. The lowest BCUT2D eigenvalue weighted by molar-refractivity contribution is -0.125. The Balaban J connectivity index is 2.02. The molecule has 1 aliphatic rings. The lowest BCUT2D eigenvalue weighted by Crippen LogP contribution is -2.43. The molecular weight excluding hydrogens is 254 g/mol. The third kappa shape index (κ3) is 1.82. The van der Waals surface area contributed by atoms with Gasteiger partial charge in [0.1, 0.15) is 5.54 Å². The number of nitrogens with one attached hydrogen (secondary N) is 1. The zero-order valence-electron chi connectivity index (χ0n) is 11.4. The van der Waals surface area contributed by atoms with Crippen molar-refractivity contribution in [2.45, 2.75) is 25.9 Å². The van der Waals surface area contributed by atoms with Crippen LogP contribution in [0.4, 0.5) is 4.79 Å². The van der Waals surface area contributed by atoms with Gasteiger partial charge >= 0.3 is 6.03 Å². The van der Waals surface area contributed by atoms with Gasteiger partial charge in [-0.1, -0.05) is 18.2 Å². The number of hydrogen-bond donors (Lipinski definition) is 1. The summed E-state index contributed by atoms with van der Waals surface area (Å²) in [5.74, 6) is -0.263. The Morgan fingerprint density at radius 2 is 1.95 bits per heavy atom. The van der Waals surface area contributed by atoms with E-state index in [-0.39, 0.29) is 11.9 Å². The van der Waals surface area contributed by atoms with Crippen LogP contribution in [0.3, 0.4) is 0 Å². The summed E-state index contributed by atoms with van der Waals surface area (Å²) < 4.78 is 0. The van der Waals surface area contributed by atoms with Crippen LogP contribution in [0, 0.1) is 0 Å². The van der Waals surface area contributed by atoms with Gasteiger partial charge in [0.05, 0.1) is 5.52 Å². The van der Waals surface area contributed by atoms with Crippen LogP contribution in [0.1, 0.15) is 19.4 Å². The van der Waals surface area contributed by atoms with Gasteiger partial charge < -0.3 is 4.90 Å². The molecule has 0 unspecified atom stereocenters. The molecule has 0 atom stereocenters. The van der Waals surface area contributed by atoms with Gasteiger partial charge in [-0.2, -0.15) is 0 Å². The standard InChI is InChI=1S/C15H15N3O2/c1-15(2)13(19)17-14(20)18(15)9-10-7-8-16-12-6-4-3-5-11(10)12/h3-8H,9H2,1-2H3,(H,17,19,20). The molecular formula is C15H15N3O2. The fraction of sp³-hybridized carbons (Fsp3) is 0.267. The fourth-order valence-corrected chi connectivity index (χ4v) is 2.43. The van der Waals surface area contributed by atoms with Crippen molar-refractivity contribution in [3.63, 3.8) is 0 Å². The minimum Gasteiger partial charge on any atom is -0.306 e. The first-order chi connectivity index (χ1) is 9.50. The number of imide groups is 1. The molecule has 2 heterocycles. The van der Waals surface area contributed by atoms with E-state index in [2.05, 4.69) is 10.3 Å². The Kier molecular flexibility index (Phi) is 2.71. The monoisotopic (exact) mass is 269 g/mol. The average molecular weight is 269 g/mol. The minimum atomic E-state index is -0.832. The van der Waals surface area contributed by atoms with Gasteiger partial charge in [0.15, 0.2) is 0 Å². The first-order valence-corrected chi connectivity index (χ1v) is 6.46. The van der Waals surface area contributed by atoms with E-state index in [4.69, 9.17) is 0 Å². The van der Waals surface area contributed by atoms with E-state index < -0.39 is 5.54 Å². The van der Waals surface area contributed by atoms with Gasteiger partial charge in [-0.25, -0.2) is 4.79 Å². The third-order valence-corrected chi connectivity index (χ3v) is 3.76. The van der Waals surface area contributed by atoms with E-state index >= 15 is 0 Å². The molecule has 3 amide bonds. The van der Waals surface area contributed by atoms with Crippen molar-refractivity contribution in [1.82, 2.24) is 15.2 Å². The largest absolute Gasteiger partial charge is 0.325 e. The van der Waals surface area contributed by atoms with E-state index in [1.165, 1.54) is 0 Å². The number of amides is 3. The molecule has 102 valence electrons. The van der Waals surface area contributed by atoms with Crippen LogP contribution >= 0.6 is 0 Å². The van der Waals surface area contributed by atoms with Gasteiger partial charge in [0.2, 0.25) is 0 Å². The Morgan fingerprint density at radius 3 is 2.65 bits per heavy atom. The highest BCUT2D eigenvalue weighted by atomic mass is 16.2. The van der Waals surface area contributed by atoms with Crippen LogP contribution in [0.2, 0.25) is 0 Å². The molecule has 0 radical (unpaired) electrons. The van der Waals surface area contributed by atoms with Crippen molar-refractivity contribution in [3.05, 3.63) is 42.1 Å². The summed E-state index contributed by atoms with van der Waals surface area (Å²) in [4.78, 5) is 29.6. The van der Waals surface area contributed by atoms with E-state index in [0.717, 1.165) is 16.5 Å². The number of aromatic nitrogens is 1. The lowest BCUT2D eigenvalue weighted by atomic mass is 10.0. The second kappa shape index (κ2) is 4.30. The zero-order chi connectivity index (χ0) is 14.3. The molecule has 0 spiro atoms. The van der Waals surface area contributed by atoms with Crippen molar-refractivity contribution in [3.8, 4) is 0 Å². The Hall–Kier alpha value is -2.43. The van der Waals surface area contributed by atoms with Crippen molar-refractivity contribution in [1.29, 1.82) is 0 Å². The maximum absolute atomic E-state index is 11.9. The van der Waals surface area contributed by atoms with Gasteiger partial charge in [-0.05, 0) is 31.5 Å². The van der Waals surface area contributed by atoms with E-state index in [0.29, 0.717) is 6.54 Å². The predicted octanol–water partition coefficient (Wildman–Crippen LogP) is 2.07. The van der Waals surface area contributed by atoms with Gasteiger partial charge in [-0.15, -0.1) is 0 Å². The third-order valence-electron chi connectivity index (χ3n) is 3.76. The number of hydrogen-bond acceptors (Lipinski definition) is 3. The SMILES string of the molecule is CC1(C)C(=O)NC(=O)N1Cc1ccnc2ccccc12. The summed E-state index contributed by atoms with van der Waals surface area (Å²) in [5.41, 5.74) is 1.03. The molecule has 5 heteroatoms. The number of para-hydroxylation sites is 1. The van der Waals surface area contributed by atoms with Crippen LogP contribution < -0.4 is 5.32 Å². The van der Waals surface area contributed by atoms with Crippen molar-refractivity contribution < 1.29 is 9.59 Å². The zero-order valence-corrected chi connectivity index (χ0v) is 11.4. The molecule has 1 N–H and O–H groups in total. The Bertz CT molecular complexity index is 704. The molecule has 0 aliphatic carbocycles. The molecule has 2 aromatic rings. The highest BCUT2D eigenvalue weighted by Crippen LogP contribution is 2.26. The summed E-state index contributed by atoms with van der Waals surface area (Å²) in [5, 5.41) is 3.36. The topological polar surface area (TPSA) is 62.3 Å². The Morgan fingerprint density at radius 1 is 1.20 bits per heavy atom. The molecule has 0 bridgehead atoms. The summed E-state index contributed by atoms with van der Waals surface area (Å²) in [7, 11) is 0. The van der Waals surface area contributed by atoms with Crippen LogP contribution in [0.15, 0.2) is 36.5 Å². The molecule has 5 nitrogen and oxygen atoms in total. The number of fused-ring (bicyclic) bond motifs is 1.